The van der Waals surface area contributed by atoms with Gasteiger partial charge in [-0.05, 0) is 60.7 Å². The fourth-order valence-corrected chi connectivity index (χ4v) is 3.34. The second-order valence-corrected chi connectivity index (χ2v) is 7.56. The molecular weight excluding hydrogens is 463 g/mol. The number of carbonyl (C=O) groups excluding carboxylic acids is 2. The Morgan fingerprint density at radius 2 is 1.56 bits per heavy atom. The summed E-state index contributed by atoms with van der Waals surface area (Å²) in [5.74, 6) is 0.0443. The maximum atomic E-state index is 13.5. The van der Waals surface area contributed by atoms with Crippen LogP contribution in [-0.2, 0) is 4.79 Å². The van der Waals surface area contributed by atoms with Gasteiger partial charge in [-0.2, -0.15) is 0 Å². The summed E-state index contributed by atoms with van der Waals surface area (Å²) < 4.78 is 24.3. The van der Waals surface area contributed by atoms with Crippen molar-refractivity contribution in [3.8, 4) is 11.5 Å². The molecule has 36 heavy (non-hydrogen) atoms. The van der Waals surface area contributed by atoms with E-state index in [0.29, 0.717) is 28.6 Å². The zero-order valence-electron chi connectivity index (χ0n) is 19.3. The van der Waals surface area contributed by atoms with Crippen LogP contribution in [0.4, 0.5) is 27.3 Å². The van der Waals surface area contributed by atoms with Crippen LogP contribution in [0.15, 0.2) is 91.1 Å². The van der Waals surface area contributed by atoms with Crippen molar-refractivity contribution in [3.63, 3.8) is 0 Å². The van der Waals surface area contributed by atoms with E-state index in [1.807, 2.05) is 0 Å². The summed E-state index contributed by atoms with van der Waals surface area (Å²) in [7, 11) is 1.52. The summed E-state index contributed by atoms with van der Waals surface area (Å²) in [6.45, 7) is -0.220. The molecule has 8 nitrogen and oxygen atoms in total. The molecule has 0 saturated carbocycles. The van der Waals surface area contributed by atoms with Crippen LogP contribution in [0.1, 0.15) is 10.4 Å². The van der Waals surface area contributed by atoms with Gasteiger partial charge in [0.05, 0.1) is 12.7 Å². The number of hydrogen-bond acceptors (Lipinski definition) is 6. The van der Waals surface area contributed by atoms with Gasteiger partial charge < -0.3 is 25.4 Å². The van der Waals surface area contributed by atoms with E-state index in [9.17, 15) is 14.0 Å². The van der Waals surface area contributed by atoms with Gasteiger partial charge in [0.15, 0.2) is 18.1 Å². The fraction of sp³-hybridized carbons (Fsp3) is 0.0741. The van der Waals surface area contributed by atoms with Crippen molar-refractivity contribution >= 4 is 34.7 Å². The summed E-state index contributed by atoms with van der Waals surface area (Å²) in [5.41, 5.74) is 1.67. The van der Waals surface area contributed by atoms with Crippen molar-refractivity contribution in [2.45, 2.75) is 0 Å². The van der Waals surface area contributed by atoms with Crippen molar-refractivity contribution < 1.29 is 23.5 Å². The van der Waals surface area contributed by atoms with Crippen LogP contribution in [0.2, 0.25) is 0 Å². The molecule has 0 aliphatic carbocycles. The topological polar surface area (TPSA) is 102 Å². The van der Waals surface area contributed by atoms with Crippen molar-refractivity contribution in [2.24, 2.45) is 0 Å². The van der Waals surface area contributed by atoms with E-state index in [1.165, 1.54) is 25.4 Å². The molecule has 4 rings (SSSR count). The summed E-state index contributed by atoms with van der Waals surface area (Å²) in [4.78, 5) is 29.5. The van der Waals surface area contributed by atoms with E-state index in [0.717, 1.165) is 0 Å². The zero-order valence-corrected chi connectivity index (χ0v) is 19.3. The predicted octanol–water partition coefficient (Wildman–Crippen LogP) is 5.24. The number of halogens is 1. The van der Waals surface area contributed by atoms with Crippen LogP contribution in [0, 0.1) is 5.82 Å². The highest BCUT2D eigenvalue weighted by atomic mass is 19.1. The number of benzene rings is 3. The number of para-hydroxylation sites is 2. The lowest BCUT2D eigenvalue weighted by atomic mass is 10.2. The van der Waals surface area contributed by atoms with Gasteiger partial charge in [-0.3, -0.25) is 9.59 Å². The number of aromatic nitrogens is 1. The zero-order chi connectivity index (χ0) is 25.3. The van der Waals surface area contributed by atoms with E-state index in [2.05, 4.69) is 20.9 Å². The molecule has 3 N–H and O–H groups in total. The summed E-state index contributed by atoms with van der Waals surface area (Å²) in [6, 6.07) is 22.8. The third kappa shape index (κ3) is 6.35. The summed E-state index contributed by atoms with van der Waals surface area (Å²) in [6.07, 6.45) is 1.53. The lowest BCUT2D eigenvalue weighted by Gasteiger charge is -2.13. The van der Waals surface area contributed by atoms with Crippen molar-refractivity contribution in [1.29, 1.82) is 0 Å². The van der Waals surface area contributed by atoms with Gasteiger partial charge >= 0.3 is 0 Å². The lowest BCUT2D eigenvalue weighted by molar-refractivity contribution is -0.118. The molecule has 0 fully saturated rings. The first kappa shape index (κ1) is 24.2. The van der Waals surface area contributed by atoms with Crippen LogP contribution in [0.25, 0.3) is 0 Å². The lowest BCUT2D eigenvalue weighted by Crippen LogP contribution is -2.20. The quantitative estimate of drug-likeness (QED) is 0.299. The third-order valence-corrected chi connectivity index (χ3v) is 4.97. The Labute approximate surface area is 207 Å². The van der Waals surface area contributed by atoms with Crippen molar-refractivity contribution in [2.75, 3.05) is 29.7 Å². The molecule has 1 heterocycles. The Bertz CT molecular complexity index is 1380. The minimum Gasteiger partial charge on any atom is -0.493 e. The molecular formula is C27H23FN4O4. The maximum absolute atomic E-state index is 13.5. The monoisotopic (exact) mass is 486 g/mol. The SMILES string of the molecule is COc1ccccc1OCC(=O)Nc1cccc(NC(=O)c2cccnc2Nc2cccc(F)c2)c1. The highest BCUT2D eigenvalue weighted by Crippen LogP contribution is 2.26. The van der Waals surface area contributed by atoms with Gasteiger partial charge in [0.25, 0.3) is 11.8 Å². The first-order chi connectivity index (χ1) is 17.5. The van der Waals surface area contributed by atoms with Gasteiger partial charge in [-0.25, -0.2) is 9.37 Å². The Morgan fingerprint density at radius 1 is 0.833 bits per heavy atom. The summed E-state index contributed by atoms with van der Waals surface area (Å²) >= 11 is 0. The van der Waals surface area contributed by atoms with Crippen LogP contribution >= 0.6 is 0 Å². The van der Waals surface area contributed by atoms with E-state index in [4.69, 9.17) is 9.47 Å². The molecule has 182 valence electrons. The molecule has 1 aromatic heterocycles. The number of carbonyl (C=O) groups is 2. The number of nitrogens with zero attached hydrogens (tertiary/aromatic N) is 1. The van der Waals surface area contributed by atoms with Crippen LogP contribution < -0.4 is 25.4 Å². The van der Waals surface area contributed by atoms with E-state index in [1.54, 1.807) is 72.8 Å². The van der Waals surface area contributed by atoms with Gasteiger partial charge in [-0.1, -0.05) is 24.3 Å². The number of methoxy groups -OCH3 is 1. The number of hydrogen-bond donors (Lipinski definition) is 3. The molecule has 3 aromatic carbocycles. The highest BCUT2D eigenvalue weighted by molar-refractivity contribution is 6.08. The Morgan fingerprint density at radius 3 is 2.33 bits per heavy atom. The number of rotatable bonds is 9. The number of pyridine rings is 1. The molecule has 4 aromatic rings. The largest absolute Gasteiger partial charge is 0.493 e. The van der Waals surface area contributed by atoms with Crippen molar-refractivity contribution in [1.82, 2.24) is 4.98 Å². The number of ether oxygens (including phenoxy) is 2. The van der Waals surface area contributed by atoms with Crippen LogP contribution in [-0.4, -0.2) is 30.5 Å². The van der Waals surface area contributed by atoms with Gasteiger partial charge in [-0.15, -0.1) is 0 Å². The van der Waals surface area contributed by atoms with Crippen LogP contribution in [0.5, 0.6) is 11.5 Å². The standard InChI is InChI=1S/C27H23FN4O4/c1-35-23-12-2-3-13-24(23)36-17-25(33)30-20-9-5-10-21(16-20)32-27(34)22-11-6-14-29-26(22)31-19-8-4-7-18(28)15-19/h2-16H,17H2,1H3,(H,29,31)(H,30,33)(H,32,34). The molecule has 0 radical (unpaired) electrons. The van der Waals surface area contributed by atoms with E-state index >= 15 is 0 Å². The average Bonchev–Trinajstić information content (AvgIpc) is 2.88. The molecule has 0 aliphatic rings. The molecule has 9 heteroatoms. The Hall–Kier alpha value is -4.92. The fourth-order valence-electron chi connectivity index (χ4n) is 3.34. The second-order valence-electron chi connectivity index (χ2n) is 7.56. The van der Waals surface area contributed by atoms with E-state index in [-0.39, 0.29) is 23.9 Å². The van der Waals surface area contributed by atoms with E-state index < -0.39 is 11.7 Å². The minimum atomic E-state index is -0.426. The van der Waals surface area contributed by atoms with Gasteiger partial charge in [0.2, 0.25) is 0 Å². The van der Waals surface area contributed by atoms with Gasteiger partial charge in [0.1, 0.15) is 11.6 Å². The highest BCUT2D eigenvalue weighted by Gasteiger charge is 2.14. The number of nitrogens with one attached hydrogen (secondary N) is 3. The molecule has 0 spiro atoms. The Kier molecular flexibility index (Phi) is 7.72. The predicted molar refractivity (Wildman–Crippen MR) is 135 cm³/mol. The Balaban J connectivity index is 1.39. The van der Waals surface area contributed by atoms with Gasteiger partial charge in [0, 0.05) is 23.3 Å². The maximum Gasteiger partial charge on any atom is 0.262 e. The molecule has 0 saturated heterocycles. The number of anilines is 4. The first-order valence-electron chi connectivity index (χ1n) is 11.0. The molecule has 0 unspecified atom stereocenters. The average molecular weight is 487 g/mol. The molecule has 2 amide bonds. The normalized spacial score (nSPS) is 10.3. The smallest absolute Gasteiger partial charge is 0.262 e. The molecule has 0 atom stereocenters. The minimum absolute atomic E-state index is 0.220. The van der Waals surface area contributed by atoms with Crippen LogP contribution in [0.3, 0.4) is 0 Å². The summed E-state index contributed by atoms with van der Waals surface area (Å²) in [5, 5.41) is 8.49. The second kappa shape index (κ2) is 11.5. The van der Waals surface area contributed by atoms with Crippen molar-refractivity contribution in [3.05, 3.63) is 103 Å². The molecule has 0 bridgehead atoms. The molecule has 0 aliphatic heterocycles. The first-order valence-corrected chi connectivity index (χ1v) is 11.0. The third-order valence-electron chi connectivity index (χ3n) is 4.97. The number of amides is 2.